The normalized spacial score (nSPS) is 14.8. The summed E-state index contributed by atoms with van der Waals surface area (Å²) in [7, 11) is -3.55. The van der Waals surface area contributed by atoms with Gasteiger partial charge in [0.2, 0.25) is 10.0 Å². The van der Waals surface area contributed by atoms with Crippen LogP contribution in [0.4, 0.5) is 0 Å². The number of amides is 1. The number of nitrogens with zero attached hydrogens (tertiary/aromatic N) is 1. The Kier molecular flexibility index (Phi) is 6.28. The molecule has 1 aliphatic heterocycles. The van der Waals surface area contributed by atoms with Crippen molar-refractivity contribution in [3.63, 3.8) is 0 Å². The maximum Gasteiger partial charge on any atom is 0.252 e. The van der Waals surface area contributed by atoms with Gasteiger partial charge >= 0.3 is 0 Å². The van der Waals surface area contributed by atoms with Gasteiger partial charge in [0.25, 0.3) is 5.91 Å². The van der Waals surface area contributed by atoms with Crippen molar-refractivity contribution in [2.24, 2.45) is 0 Å². The fourth-order valence-corrected chi connectivity index (χ4v) is 4.51. The van der Waals surface area contributed by atoms with Crippen LogP contribution in [0, 0.1) is 11.8 Å². The first-order valence-corrected chi connectivity index (χ1v) is 10.4. The smallest absolute Gasteiger partial charge is 0.252 e. The van der Waals surface area contributed by atoms with Gasteiger partial charge in [-0.1, -0.05) is 42.5 Å². The van der Waals surface area contributed by atoms with Crippen LogP contribution in [0.15, 0.2) is 59.5 Å². The molecule has 0 unspecified atom stereocenters. The number of benzene rings is 2. The third-order valence-electron chi connectivity index (χ3n) is 4.39. The Balaban J connectivity index is 1.66. The lowest BCUT2D eigenvalue weighted by atomic mass is 10.2. The molecule has 2 aromatic carbocycles. The third-order valence-corrected chi connectivity index (χ3v) is 6.29. The van der Waals surface area contributed by atoms with Crippen molar-refractivity contribution in [1.29, 1.82) is 0 Å². The van der Waals surface area contributed by atoms with E-state index in [2.05, 4.69) is 17.2 Å². The molecule has 6 heteroatoms. The highest BCUT2D eigenvalue weighted by molar-refractivity contribution is 7.89. The van der Waals surface area contributed by atoms with Crippen LogP contribution in [0.3, 0.4) is 0 Å². The van der Waals surface area contributed by atoms with Gasteiger partial charge in [0.1, 0.15) is 0 Å². The molecule has 0 saturated carbocycles. The SMILES string of the molecule is O=C(NCC#Cc1ccccc1)c1cccc(S(=O)(=O)N2CCCCC2)c1. The average Bonchev–Trinajstić information content (AvgIpc) is 2.72. The summed E-state index contributed by atoms with van der Waals surface area (Å²) in [4.78, 5) is 12.5. The van der Waals surface area contributed by atoms with E-state index in [-0.39, 0.29) is 17.3 Å². The quantitative estimate of drug-likeness (QED) is 0.827. The Morgan fingerprint density at radius 3 is 2.48 bits per heavy atom. The fourth-order valence-electron chi connectivity index (χ4n) is 2.95. The predicted octanol–water partition coefficient (Wildman–Crippen LogP) is 2.64. The number of piperidine rings is 1. The van der Waals surface area contributed by atoms with Crippen molar-refractivity contribution in [3.05, 3.63) is 65.7 Å². The van der Waals surface area contributed by atoms with Crippen LogP contribution in [-0.4, -0.2) is 38.3 Å². The van der Waals surface area contributed by atoms with Gasteiger partial charge in [-0.25, -0.2) is 8.42 Å². The molecule has 0 bridgehead atoms. The van der Waals surface area contributed by atoms with Crippen molar-refractivity contribution in [1.82, 2.24) is 9.62 Å². The van der Waals surface area contributed by atoms with Gasteiger partial charge in [0.15, 0.2) is 0 Å². The zero-order valence-electron chi connectivity index (χ0n) is 15.0. The summed E-state index contributed by atoms with van der Waals surface area (Å²) in [6.07, 6.45) is 2.80. The zero-order valence-corrected chi connectivity index (χ0v) is 15.8. The number of nitrogens with one attached hydrogen (secondary N) is 1. The predicted molar refractivity (Wildman–Crippen MR) is 105 cm³/mol. The number of hydrogen-bond donors (Lipinski definition) is 1. The first kappa shape index (κ1) is 19.2. The van der Waals surface area contributed by atoms with E-state index in [4.69, 9.17) is 0 Å². The summed E-state index contributed by atoms with van der Waals surface area (Å²) in [5.74, 6) is 5.51. The lowest BCUT2D eigenvalue weighted by molar-refractivity contribution is 0.0958. The standard InChI is InChI=1S/C21H22N2O3S/c24-21(22-14-8-11-18-9-3-1-4-10-18)19-12-7-13-20(17-19)27(25,26)23-15-5-2-6-16-23/h1,3-4,7,9-10,12-13,17H,2,5-6,14-16H2,(H,22,24). The van der Waals surface area contributed by atoms with Gasteiger partial charge in [-0.05, 0) is 43.2 Å². The maximum absolute atomic E-state index is 12.8. The molecule has 0 spiro atoms. The first-order valence-electron chi connectivity index (χ1n) is 9.00. The summed E-state index contributed by atoms with van der Waals surface area (Å²) >= 11 is 0. The Morgan fingerprint density at radius 1 is 1.00 bits per heavy atom. The van der Waals surface area contributed by atoms with E-state index >= 15 is 0 Å². The second-order valence-corrected chi connectivity index (χ2v) is 8.28. The van der Waals surface area contributed by atoms with E-state index < -0.39 is 10.0 Å². The minimum absolute atomic E-state index is 0.160. The largest absolute Gasteiger partial charge is 0.341 e. The number of sulfonamides is 1. The van der Waals surface area contributed by atoms with Crippen LogP contribution in [0.25, 0.3) is 0 Å². The van der Waals surface area contributed by atoms with E-state index in [0.717, 1.165) is 24.8 Å². The molecular formula is C21H22N2O3S. The first-order chi connectivity index (χ1) is 13.1. The lowest BCUT2D eigenvalue weighted by Gasteiger charge is -2.26. The van der Waals surface area contributed by atoms with Crippen LogP contribution in [-0.2, 0) is 10.0 Å². The molecule has 0 aliphatic carbocycles. The topological polar surface area (TPSA) is 66.5 Å². The molecule has 0 radical (unpaired) electrons. The summed E-state index contributed by atoms with van der Waals surface area (Å²) in [6, 6.07) is 15.7. The average molecular weight is 382 g/mol. The lowest BCUT2D eigenvalue weighted by Crippen LogP contribution is -2.35. The van der Waals surface area contributed by atoms with E-state index in [0.29, 0.717) is 18.7 Å². The van der Waals surface area contributed by atoms with Crippen LogP contribution in [0.5, 0.6) is 0 Å². The minimum atomic E-state index is -3.55. The number of carbonyl (C=O) groups is 1. The molecule has 140 valence electrons. The Morgan fingerprint density at radius 2 is 1.74 bits per heavy atom. The molecule has 27 heavy (non-hydrogen) atoms. The molecule has 1 fully saturated rings. The molecule has 1 saturated heterocycles. The van der Waals surface area contributed by atoms with E-state index in [1.165, 1.54) is 16.4 Å². The number of rotatable bonds is 4. The Labute approximate surface area is 160 Å². The molecule has 3 rings (SSSR count). The van der Waals surface area contributed by atoms with Gasteiger partial charge in [-0.2, -0.15) is 4.31 Å². The Bertz CT molecular complexity index is 954. The number of carbonyl (C=O) groups excluding carboxylic acids is 1. The second-order valence-electron chi connectivity index (χ2n) is 6.34. The van der Waals surface area contributed by atoms with Crippen molar-refractivity contribution < 1.29 is 13.2 Å². The van der Waals surface area contributed by atoms with Crippen molar-refractivity contribution in [2.45, 2.75) is 24.2 Å². The van der Waals surface area contributed by atoms with E-state index in [1.807, 2.05) is 30.3 Å². The number of hydrogen-bond acceptors (Lipinski definition) is 3. The zero-order chi connectivity index (χ0) is 19.1. The second kappa shape index (κ2) is 8.85. The minimum Gasteiger partial charge on any atom is -0.341 e. The van der Waals surface area contributed by atoms with Crippen LogP contribution in [0.1, 0.15) is 35.2 Å². The van der Waals surface area contributed by atoms with Crippen LogP contribution < -0.4 is 5.32 Å². The van der Waals surface area contributed by atoms with Gasteiger partial charge < -0.3 is 5.32 Å². The molecule has 1 aliphatic rings. The molecule has 1 heterocycles. The third kappa shape index (κ3) is 4.97. The molecular weight excluding hydrogens is 360 g/mol. The highest BCUT2D eigenvalue weighted by Crippen LogP contribution is 2.21. The van der Waals surface area contributed by atoms with Crippen molar-refractivity contribution >= 4 is 15.9 Å². The highest BCUT2D eigenvalue weighted by atomic mass is 32.2. The molecule has 5 nitrogen and oxygen atoms in total. The monoisotopic (exact) mass is 382 g/mol. The van der Waals surface area contributed by atoms with Gasteiger partial charge in [0.05, 0.1) is 11.4 Å². The molecule has 1 amide bonds. The molecule has 0 atom stereocenters. The molecule has 2 aromatic rings. The van der Waals surface area contributed by atoms with Crippen LogP contribution in [0.2, 0.25) is 0 Å². The summed E-state index contributed by atoms with van der Waals surface area (Å²) in [5.41, 5.74) is 1.19. The van der Waals surface area contributed by atoms with Gasteiger partial charge in [0, 0.05) is 24.2 Å². The van der Waals surface area contributed by atoms with Crippen molar-refractivity contribution in [2.75, 3.05) is 19.6 Å². The maximum atomic E-state index is 12.8. The van der Waals surface area contributed by atoms with Gasteiger partial charge in [-0.3, -0.25) is 4.79 Å². The molecule has 1 N–H and O–H groups in total. The molecule has 0 aromatic heterocycles. The van der Waals surface area contributed by atoms with E-state index in [1.54, 1.807) is 12.1 Å². The van der Waals surface area contributed by atoms with Crippen LogP contribution >= 0.6 is 0 Å². The summed E-state index contributed by atoms with van der Waals surface area (Å²) in [6.45, 7) is 1.26. The summed E-state index contributed by atoms with van der Waals surface area (Å²) < 4.78 is 27.0. The summed E-state index contributed by atoms with van der Waals surface area (Å²) in [5, 5.41) is 2.71. The van der Waals surface area contributed by atoms with Crippen molar-refractivity contribution in [3.8, 4) is 11.8 Å². The fraction of sp³-hybridized carbons (Fsp3) is 0.286. The van der Waals surface area contributed by atoms with E-state index in [9.17, 15) is 13.2 Å². The Hall–Kier alpha value is -2.62. The van der Waals surface area contributed by atoms with Gasteiger partial charge in [-0.15, -0.1) is 0 Å². The highest BCUT2D eigenvalue weighted by Gasteiger charge is 2.26.